The van der Waals surface area contributed by atoms with E-state index >= 15 is 0 Å². The standard InChI is InChI=1S/C18H22N2O3S/c1-13-4-3-5-15(10-13)18-19-16(14(2)23-18)11-24-12-17(21)20-6-8-22-9-7-20/h3-5,10H,6-9,11-12H2,1-2H3. The Morgan fingerprint density at radius 1 is 1.29 bits per heavy atom. The molecule has 1 aromatic heterocycles. The second-order valence-corrected chi connectivity index (χ2v) is 6.86. The number of morpholine rings is 1. The lowest BCUT2D eigenvalue weighted by Crippen LogP contribution is -2.41. The van der Waals surface area contributed by atoms with E-state index in [0.29, 0.717) is 43.7 Å². The minimum absolute atomic E-state index is 0.170. The molecular formula is C18H22N2O3S. The van der Waals surface area contributed by atoms with Gasteiger partial charge in [-0.05, 0) is 26.0 Å². The molecule has 1 saturated heterocycles. The highest BCUT2D eigenvalue weighted by Gasteiger charge is 2.17. The number of aryl methyl sites for hydroxylation is 2. The first-order valence-electron chi connectivity index (χ1n) is 8.10. The fourth-order valence-electron chi connectivity index (χ4n) is 2.60. The first-order chi connectivity index (χ1) is 11.6. The number of ether oxygens (including phenoxy) is 1. The number of nitrogens with zero attached hydrogens (tertiary/aromatic N) is 2. The zero-order valence-corrected chi connectivity index (χ0v) is 14.9. The average molecular weight is 346 g/mol. The third kappa shape index (κ3) is 4.19. The molecule has 0 bridgehead atoms. The van der Waals surface area contributed by atoms with Gasteiger partial charge >= 0.3 is 0 Å². The molecule has 128 valence electrons. The van der Waals surface area contributed by atoms with Gasteiger partial charge in [0.15, 0.2) is 0 Å². The summed E-state index contributed by atoms with van der Waals surface area (Å²) in [6.07, 6.45) is 0. The second kappa shape index (κ2) is 7.85. The Morgan fingerprint density at radius 2 is 2.08 bits per heavy atom. The van der Waals surface area contributed by atoms with Gasteiger partial charge in [-0.15, -0.1) is 11.8 Å². The van der Waals surface area contributed by atoms with E-state index < -0.39 is 0 Å². The van der Waals surface area contributed by atoms with E-state index in [2.05, 4.69) is 11.1 Å². The molecule has 1 aliphatic rings. The van der Waals surface area contributed by atoms with Crippen molar-refractivity contribution in [3.8, 4) is 11.5 Å². The maximum absolute atomic E-state index is 12.1. The molecule has 2 aromatic rings. The van der Waals surface area contributed by atoms with Gasteiger partial charge in [-0.3, -0.25) is 4.79 Å². The Morgan fingerprint density at radius 3 is 2.83 bits per heavy atom. The third-order valence-corrected chi connectivity index (χ3v) is 4.91. The molecule has 1 fully saturated rings. The van der Waals surface area contributed by atoms with Crippen molar-refractivity contribution in [2.45, 2.75) is 19.6 Å². The number of carbonyl (C=O) groups excluding carboxylic acids is 1. The molecule has 1 aliphatic heterocycles. The number of benzene rings is 1. The van der Waals surface area contributed by atoms with Crippen LogP contribution in [0.15, 0.2) is 28.7 Å². The number of rotatable bonds is 5. The maximum Gasteiger partial charge on any atom is 0.232 e. The monoisotopic (exact) mass is 346 g/mol. The van der Waals surface area contributed by atoms with E-state index in [-0.39, 0.29) is 5.91 Å². The molecule has 0 spiro atoms. The van der Waals surface area contributed by atoms with Gasteiger partial charge in [0, 0.05) is 24.4 Å². The van der Waals surface area contributed by atoms with Crippen LogP contribution in [0, 0.1) is 13.8 Å². The highest BCUT2D eigenvalue weighted by Crippen LogP contribution is 2.25. The van der Waals surface area contributed by atoms with Gasteiger partial charge in [0.2, 0.25) is 11.8 Å². The van der Waals surface area contributed by atoms with Crippen molar-refractivity contribution < 1.29 is 13.9 Å². The molecule has 3 rings (SSSR count). The molecule has 24 heavy (non-hydrogen) atoms. The average Bonchev–Trinajstić information content (AvgIpc) is 2.97. The topological polar surface area (TPSA) is 55.6 Å². The normalized spacial score (nSPS) is 14.8. The van der Waals surface area contributed by atoms with Crippen LogP contribution in [0.2, 0.25) is 0 Å². The lowest BCUT2D eigenvalue weighted by atomic mass is 10.1. The van der Waals surface area contributed by atoms with Crippen molar-refractivity contribution in [3.05, 3.63) is 41.3 Å². The van der Waals surface area contributed by atoms with E-state index in [1.807, 2.05) is 36.9 Å². The predicted octanol–water partition coefficient (Wildman–Crippen LogP) is 3.05. The molecular weight excluding hydrogens is 324 g/mol. The lowest BCUT2D eigenvalue weighted by Gasteiger charge is -2.26. The number of thioether (sulfide) groups is 1. The van der Waals surface area contributed by atoms with Crippen LogP contribution in [0.1, 0.15) is 17.0 Å². The van der Waals surface area contributed by atoms with Crippen molar-refractivity contribution in [3.63, 3.8) is 0 Å². The molecule has 0 unspecified atom stereocenters. The third-order valence-electron chi connectivity index (χ3n) is 3.99. The SMILES string of the molecule is Cc1cccc(-c2nc(CSCC(=O)N3CCOCC3)c(C)o2)c1. The molecule has 6 heteroatoms. The molecule has 0 radical (unpaired) electrons. The summed E-state index contributed by atoms with van der Waals surface area (Å²) in [5.74, 6) is 2.77. The van der Waals surface area contributed by atoms with Gasteiger partial charge in [0.25, 0.3) is 0 Å². The Bertz CT molecular complexity index is 708. The zero-order chi connectivity index (χ0) is 16.9. The molecule has 0 atom stereocenters. The number of carbonyl (C=O) groups is 1. The van der Waals surface area contributed by atoms with Gasteiger partial charge in [0.1, 0.15) is 5.76 Å². The molecule has 0 saturated carbocycles. The Kier molecular flexibility index (Phi) is 5.58. The molecule has 5 nitrogen and oxygen atoms in total. The predicted molar refractivity (Wildman–Crippen MR) is 95.0 cm³/mol. The first-order valence-corrected chi connectivity index (χ1v) is 9.25. The van der Waals surface area contributed by atoms with Gasteiger partial charge in [-0.25, -0.2) is 4.98 Å². The Labute approximate surface area is 146 Å². The van der Waals surface area contributed by atoms with Gasteiger partial charge < -0.3 is 14.1 Å². The van der Waals surface area contributed by atoms with Gasteiger partial charge in [-0.1, -0.05) is 17.7 Å². The van der Waals surface area contributed by atoms with E-state index in [1.54, 1.807) is 11.8 Å². The summed E-state index contributed by atoms with van der Waals surface area (Å²) in [6, 6.07) is 8.11. The number of hydrogen-bond acceptors (Lipinski definition) is 5. The smallest absolute Gasteiger partial charge is 0.232 e. The number of aromatic nitrogens is 1. The number of oxazole rings is 1. The summed E-state index contributed by atoms with van der Waals surface area (Å²) in [6.45, 7) is 6.64. The lowest BCUT2D eigenvalue weighted by molar-refractivity contribution is -0.132. The van der Waals surface area contributed by atoms with Crippen molar-refractivity contribution >= 4 is 17.7 Å². The van der Waals surface area contributed by atoms with E-state index in [9.17, 15) is 4.79 Å². The van der Waals surface area contributed by atoms with Crippen LogP contribution < -0.4 is 0 Å². The largest absolute Gasteiger partial charge is 0.441 e. The van der Waals surface area contributed by atoms with Crippen LogP contribution >= 0.6 is 11.8 Å². The van der Waals surface area contributed by atoms with Crippen molar-refractivity contribution in [1.29, 1.82) is 0 Å². The zero-order valence-electron chi connectivity index (χ0n) is 14.1. The summed E-state index contributed by atoms with van der Waals surface area (Å²) in [4.78, 5) is 18.6. The van der Waals surface area contributed by atoms with Gasteiger partial charge in [-0.2, -0.15) is 0 Å². The Balaban J connectivity index is 1.57. The molecule has 0 N–H and O–H groups in total. The van der Waals surface area contributed by atoms with Crippen molar-refractivity contribution in [2.75, 3.05) is 32.1 Å². The molecule has 1 aromatic carbocycles. The molecule has 0 aliphatic carbocycles. The van der Waals surface area contributed by atoms with Gasteiger partial charge in [0.05, 0.1) is 24.7 Å². The van der Waals surface area contributed by atoms with E-state index in [1.165, 1.54) is 5.56 Å². The van der Waals surface area contributed by atoms with Crippen molar-refractivity contribution in [2.24, 2.45) is 0 Å². The quantitative estimate of drug-likeness (QED) is 0.833. The van der Waals surface area contributed by atoms with E-state index in [4.69, 9.17) is 9.15 Å². The number of amides is 1. The van der Waals surface area contributed by atoms with Crippen LogP contribution in [0.5, 0.6) is 0 Å². The summed E-state index contributed by atoms with van der Waals surface area (Å²) < 4.78 is 11.1. The highest BCUT2D eigenvalue weighted by molar-refractivity contribution is 7.99. The first kappa shape index (κ1) is 17.0. The summed E-state index contributed by atoms with van der Waals surface area (Å²) in [7, 11) is 0. The van der Waals surface area contributed by atoms with Crippen LogP contribution in [0.3, 0.4) is 0 Å². The van der Waals surface area contributed by atoms with Crippen LogP contribution in [-0.4, -0.2) is 47.8 Å². The minimum atomic E-state index is 0.170. The van der Waals surface area contributed by atoms with E-state index in [0.717, 1.165) is 17.0 Å². The fourth-order valence-corrected chi connectivity index (χ4v) is 3.52. The highest BCUT2D eigenvalue weighted by atomic mass is 32.2. The van der Waals surface area contributed by atoms with Crippen molar-refractivity contribution in [1.82, 2.24) is 9.88 Å². The Hall–Kier alpha value is -1.79. The summed E-state index contributed by atoms with van der Waals surface area (Å²) >= 11 is 1.58. The summed E-state index contributed by atoms with van der Waals surface area (Å²) in [5, 5.41) is 0. The van der Waals surface area contributed by atoms with Crippen LogP contribution in [0.4, 0.5) is 0 Å². The molecule has 1 amide bonds. The minimum Gasteiger partial charge on any atom is -0.441 e. The maximum atomic E-state index is 12.1. The summed E-state index contributed by atoms with van der Waals surface area (Å²) in [5.41, 5.74) is 3.07. The fraction of sp³-hybridized carbons (Fsp3) is 0.444. The van der Waals surface area contributed by atoms with Crippen LogP contribution in [0.25, 0.3) is 11.5 Å². The second-order valence-electron chi connectivity index (χ2n) is 5.88. The number of hydrogen-bond donors (Lipinski definition) is 0. The van der Waals surface area contributed by atoms with Crippen LogP contribution in [-0.2, 0) is 15.3 Å². The molecule has 2 heterocycles.